The molecule has 1 unspecified atom stereocenters. The zero-order valence-corrected chi connectivity index (χ0v) is 13.5. The highest BCUT2D eigenvalue weighted by Gasteiger charge is 2.38. The van der Waals surface area contributed by atoms with Crippen LogP contribution in [0, 0.1) is 5.82 Å². The fraction of sp³-hybridized carbons (Fsp3) is 0.350. The zero-order valence-electron chi connectivity index (χ0n) is 13.5. The lowest BCUT2D eigenvalue weighted by Gasteiger charge is -2.42. The average molecular weight is 327 g/mol. The van der Waals surface area contributed by atoms with Crippen molar-refractivity contribution < 1.29 is 14.3 Å². The molecular formula is C20H22FNO2. The molecule has 4 heteroatoms. The Kier molecular flexibility index (Phi) is 4.95. The summed E-state index contributed by atoms with van der Waals surface area (Å²) in [7, 11) is 0. The molecule has 0 saturated heterocycles. The van der Waals surface area contributed by atoms with Crippen LogP contribution in [0.3, 0.4) is 0 Å². The quantitative estimate of drug-likeness (QED) is 0.853. The van der Waals surface area contributed by atoms with Gasteiger partial charge in [0.05, 0.1) is 12.5 Å². The van der Waals surface area contributed by atoms with E-state index in [4.69, 9.17) is 0 Å². The van der Waals surface area contributed by atoms with Crippen LogP contribution in [0.25, 0.3) is 0 Å². The summed E-state index contributed by atoms with van der Waals surface area (Å²) in [6.07, 6.45) is 2.23. The van der Waals surface area contributed by atoms with Gasteiger partial charge in [-0.2, -0.15) is 0 Å². The van der Waals surface area contributed by atoms with Crippen LogP contribution in [0.2, 0.25) is 0 Å². The Bertz CT molecular complexity index is 698. The smallest absolute Gasteiger partial charge is 0.222 e. The first-order valence-electron chi connectivity index (χ1n) is 8.35. The molecule has 0 spiro atoms. The second-order valence-corrected chi connectivity index (χ2v) is 6.55. The largest absolute Gasteiger partial charge is 0.388 e. The van der Waals surface area contributed by atoms with Crippen LogP contribution >= 0.6 is 0 Å². The Morgan fingerprint density at radius 2 is 1.92 bits per heavy atom. The van der Waals surface area contributed by atoms with E-state index in [9.17, 15) is 14.3 Å². The third-order valence-electron chi connectivity index (χ3n) is 4.93. The monoisotopic (exact) mass is 327 g/mol. The summed E-state index contributed by atoms with van der Waals surface area (Å²) < 4.78 is 13.2. The van der Waals surface area contributed by atoms with E-state index < -0.39 is 11.9 Å². The van der Waals surface area contributed by atoms with Crippen molar-refractivity contribution in [3.05, 3.63) is 71.5 Å². The van der Waals surface area contributed by atoms with Crippen molar-refractivity contribution in [2.45, 2.75) is 37.2 Å². The Hall–Kier alpha value is -2.20. The summed E-state index contributed by atoms with van der Waals surface area (Å²) in [5.41, 5.74) is 1.69. The highest BCUT2D eigenvalue weighted by atomic mass is 19.1. The maximum Gasteiger partial charge on any atom is 0.222 e. The molecule has 3 rings (SSSR count). The van der Waals surface area contributed by atoms with Gasteiger partial charge in [-0.15, -0.1) is 0 Å². The second kappa shape index (κ2) is 7.14. The van der Waals surface area contributed by atoms with Crippen molar-refractivity contribution >= 4 is 5.91 Å². The number of carbonyl (C=O) groups is 1. The molecule has 2 aromatic carbocycles. The number of halogens is 1. The van der Waals surface area contributed by atoms with Crippen molar-refractivity contribution in [3.8, 4) is 0 Å². The van der Waals surface area contributed by atoms with Gasteiger partial charge in [-0.1, -0.05) is 48.9 Å². The first kappa shape index (κ1) is 16.7. The van der Waals surface area contributed by atoms with Gasteiger partial charge in [-0.25, -0.2) is 4.39 Å². The topological polar surface area (TPSA) is 49.3 Å². The summed E-state index contributed by atoms with van der Waals surface area (Å²) in [5.74, 6) is -0.626. The molecule has 126 valence electrons. The highest BCUT2D eigenvalue weighted by molar-refractivity contribution is 5.76. The Balaban J connectivity index is 1.57. The summed E-state index contributed by atoms with van der Waals surface area (Å²) in [6, 6.07) is 16.0. The molecule has 1 fully saturated rings. The molecule has 2 N–H and O–H groups in total. The molecule has 24 heavy (non-hydrogen) atoms. The van der Waals surface area contributed by atoms with Crippen LogP contribution in [-0.2, 0) is 10.2 Å². The summed E-state index contributed by atoms with van der Waals surface area (Å²) in [4.78, 5) is 12.2. The summed E-state index contributed by atoms with van der Waals surface area (Å²) in [6.45, 7) is 0.575. The lowest BCUT2D eigenvalue weighted by molar-refractivity contribution is -0.123. The molecule has 1 atom stereocenters. The number of nitrogens with one attached hydrogen (secondary N) is 1. The SMILES string of the molecule is O=C(CC(O)c1cccc(F)c1)NCC1(c2ccccc2)CCC1. The Morgan fingerprint density at radius 1 is 1.17 bits per heavy atom. The number of aliphatic hydroxyl groups excluding tert-OH is 1. The summed E-state index contributed by atoms with van der Waals surface area (Å²) >= 11 is 0. The third-order valence-corrected chi connectivity index (χ3v) is 4.93. The van der Waals surface area contributed by atoms with E-state index in [1.165, 1.54) is 23.8 Å². The fourth-order valence-electron chi connectivity index (χ4n) is 3.31. The first-order chi connectivity index (χ1) is 11.6. The minimum atomic E-state index is -0.991. The predicted octanol–water partition coefficient (Wildman–Crippen LogP) is 3.49. The average Bonchev–Trinajstić information content (AvgIpc) is 2.55. The van der Waals surface area contributed by atoms with Crippen molar-refractivity contribution in [2.75, 3.05) is 6.54 Å². The van der Waals surface area contributed by atoms with Crippen molar-refractivity contribution in [1.29, 1.82) is 0 Å². The number of benzene rings is 2. The lowest BCUT2D eigenvalue weighted by Crippen LogP contribution is -2.45. The van der Waals surface area contributed by atoms with Crippen molar-refractivity contribution in [1.82, 2.24) is 5.32 Å². The second-order valence-electron chi connectivity index (χ2n) is 6.55. The normalized spacial score (nSPS) is 16.9. The molecule has 0 bridgehead atoms. The minimum absolute atomic E-state index is 0.0146. The van der Waals surface area contributed by atoms with Crippen molar-refractivity contribution in [3.63, 3.8) is 0 Å². The van der Waals surface area contributed by atoms with E-state index in [0.29, 0.717) is 12.1 Å². The number of carbonyl (C=O) groups excluding carboxylic acids is 1. The van der Waals surface area contributed by atoms with Gasteiger partial charge in [-0.05, 0) is 36.1 Å². The molecule has 1 saturated carbocycles. The molecule has 0 aromatic heterocycles. The molecule has 1 aliphatic carbocycles. The number of rotatable bonds is 6. The maximum atomic E-state index is 13.2. The van der Waals surface area contributed by atoms with Gasteiger partial charge in [0.25, 0.3) is 0 Å². The van der Waals surface area contributed by atoms with E-state index in [0.717, 1.165) is 19.3 Å². The van der Waals surface area contributed by atoms with Gasteiger partial charge in [0.2, 0.25) is 5.91 Å². The van der Waals surface area contributed by atoms with Crippen LogP contribution in [0.1, 0.15) is 42.9 Å². The fourth-order valence-corrected chi connectivity index (χ4v) is 3.31. The molecule has 1 amide bonds. The predicted molar refractivity (Wildman–Crippen MR) is 91.0 cm³/mol. The van der Waals surface area contributed by atoms with Gasteiger partial charge in [0, 0.05) is 12.0 Å². The van der Waals surface area contributed by atoms with Gasteiger partial charge in [0.15, 0.2) is 0 Å². The first-order valence-corrected chi connectivity index (χ1v) is 8.35. The molecule has 0 heterocycles. The zero-order chi connectivity index (χ0) is 17.0. The Morgan fingerprint density at radius 3 is 2.54 bits per heavy atom. The van der Waals surface area contributed by atoms with Gasteiger partial charge < -0.3 is 10.4 Å². The van der Waals surface area contributed by atoms with E-state index in [2.05, 4.69) is 17.4 Å². The van der Waals surface area contributed by atoms with Gasteiger partial charge in [0.1, 0.15) is 5.82 Å². The van der Waals surface area contributed by atoms with Crippen LogP contribution in [0.5, 0.6) is 0 Å². The highest BCUT2D eigenvalue weighted by Crippen LogP contribution is 2.43. The summed E-state index contributed by atoms with van der Waals surface area (Å²) in [5, 5.41) is 13.1. The van der Waals surface area contributed by atoms with Gasteiger partial charge >= 0.3 is 0 Å². The van der Waals surface area contributed by atoms with Crippen LogP contribution in [0.15, 0.2) is 54.6 Å². The number of aliphatic hydroxyl groups is 1. The minimum Gasteiger partial charge on any atom is -0.388 e. The van der Waals surface area contributed by atoms with Crippen LogP contribution in [-0.4, -0.2) is 17.6 Å². The molecule has 1 aliphatic rings. The molecular weight excluding hydrogens is 305 g/mol. The standard InChI is InChI=1S/C20H22FNO2/c21-17-9-4-6-15(12-17)18(23)13-19(24)22-14-20(10-5-11-20)16-7-2-1-3-8-16/h1-4,6-9,12,18,23H,5,10-11,13-14H2,(H,22,24). The third kappa shape index (κ3) is 3.65. The van der Waals surface area contributed by atoms with Gasteiger partial charge in [-0.3, -0.25) is 4.79 Å². The Labute approximate surface area is 141 Å². The number of amides is 1. The molecule has 0 radical (unpaired) electrons. The van der Waals surface area contributed by atoms with E-state index in [1.54, 1.807) is 6.07 Å². The van der Waals surface area contributed by atoms with Crippen LogP contribution in [0.4, 0.5) is 4.39 Å². The number of hydrogen-bond donors (Lipinski definition) is 2. The molecule has 3 nitrogen and oxygen atoms in total. The lowest BCUT2D eigenvalue weighted by atomic mass is 9.64. The van der Waals surface area contributed by atoms with E-state index in [-0.39, 0.29) is 17.7 Å². The van der Waals surface area contributed by atoms with Crippen LogP contribution < -0.4 is 5.32 Å². The van der Waals surface area contributed by atoms with E-state index >= 15 is 0 Å². The molecule has 0 aliphatic heterocycles. The van der Waals surface area contributed by atoms with E-state index in [1.807, 2.05) is 18.2 Å². The number of hydrogen-bond acceptors (Lipinski definition) is 2. The molecule has 2 aromatic rings. The maximum absolute atomic E-state index is 13.2. The van der Waals surface area contributed by atoms with Crippen molar-refractivity contribution in [2.24, 2.45) is 0 Å².